The van der Waals surface area contributed by atoms with Gasteiger partial charge >= 0.3 is 6.18 Å². The van der Waals surface area contributed by atoms with Crippen LogP contribution < -0.4 is 9.47 Å². The lowest BCUT2D eigenvalue weighted by Crippen LogP contribution is -2.50. The summed E-state index contributed by atoms with van der Waals surface area (Å²) in [6.07, 6.45) is -2.00. The molecule has 0 saturated carbocycles. The van der Waals surface area contributed by atoms with E-state index in [1.165, 1.54) is 21.1 Å². The molecule has 1 atom stereocenters. The first-order valence-corrected chi connectivity index (χ1v) is 12.9. The van der Waals surface area contributed by atoms with Crippen LogP contribution in [0.1, 0.15) is 33.2 Å². The molecule has 1 amide bonds. The smallest absolute Gasteiger partial charge is 0.433 e. The van der Waals surface area contributed by atoms with Crippen molar-refractivity contribution in [2.24, 2.45) is 0 Å². The van der Waals surface area contributed by atoms with Gasteiger partial charge in [0, 0.05) is 49.1 Å². The lowest BCUT2D eigenvalue weighted by molar-refractivity contribution is -0.143. The highest BCUT2D eigenvalue weighted by Crippen LogP contribution is 2.37. The number of hydrogen-bond donors (Lipinski definition) is 1. The number of hydrogen-bond acceptors (Lipinski definition) is 8. The fraction of sp³-hybridized carbons (Fsp3) is 0.357. The number of pyridine rings is 1. The average molecular weight is 571 g/mol. The molecule has 4 aromatic rings. The second kappa shape index (κ2) is 11.3. The summed E-state index contributed by atoms with van der Waals surface area (Å²) < 4.78 is 54.0. The zero-order chi connectivity index (χ0) is 29.3. The van der Waals surface area contributed by atoms with Crippen molar-refractivity contribution in [2.45, 2.75) is 19.1 Å². The van der Waals surface area contributed by atoms with Gasteiger partial charge in [-0.1, -0.05) is 6.07 Å². The van der Waals surface area contributed by atoms with E-state index in [4.69, 9.17) is 9.47 Å². The van der Waals surface area contributed by atoms with Crippen molar-refractivity contribution in [1.82, 2.24) is 29.4 Å². The monoisotopic (exact) mass is 570 g/mol. The number of ether oxygens (including phenoxy) is 2. The number of carbonyl (C=O) groups is 1. The summed E-state index contributed by atoms with van der Waals surface area (Å²) in [6, 6.07) is 9.71. The molecule has 4 heterocycles. The number of fused-ring (bicyclic) bond motifs is 1. The van der Waals surface area contributed by atoms with Gasteiger partial charge in [0.1, 0.15) is 11.3 Å². The molecule has 13 heteroatoms. The summed E-state index contributed by atoms with van der Waals surface area (Å²) >= 11 is 0. The highest BCUT2D eigenvalue weighted by molar-refractivity contribution is 6.00. The van der Waals surface area contributed by atoms with E-state index >= 15 is 0 Å². The summed E-state index contributed by atoms with van der Waals surface area (Å²) in [4.78, 5) is 25.9. The zero-order valence-corrected chi connectivity index (χ0v) is 22.7. The van der Waals surface area contributed by atoms with Gasteiger partial charge in [-0.3, -0.25) is 9.69 Å². The van der Waals surface area contributed by atoms with Gasteiger partial charge in [0.2, 0.25) is 5.88 Å². The van der Waals surface area contributed by atoms with E-state index in [9.17, 15) is 23.1 Å². The van der Waals surface area contributed by atoms with Crippen LogP contribution >= 0.6 is 0 Å². The molecule has 5 rings (SSSR count). The Morgan fingerprint density at radius 2 is 1.78 bits per heavy atom. The quantitative estimate of drug-likeness (QED) is 0.359. The third-order valence-electron chi connectivity index (χ3n) is 7.31. The highest BCUT2D eigenvalue weighted by Gasteiger charge is 2.39. The molecule has 0 bridgehead atoms. The minimum Gasteiger partial charge on any atom is -0.497 e. The van der Waals surface area contributed by atoms with Crippen molar-refractivity contribution in [1.29, 1.82) is 0 Å². The summed E-state index contributed by atoms with van der Waals surface area (Å²) in [5.74, 6) is 0.489. The van der Waals surface area contributed by atoms with E-state index < -0.39 is 17.8 Å². The number of aliphatic hydroxyl groups is 1. The summed E-state index contributed by atoms with van der Waals surface area (Å²) in [7, 11) is 3.00. The predicted molar refractivity (Wildman–Crippen MR) is 143 cm³/mol. The molecule has 1 saturated heterocycles. The number of alkyl halides is 3. The maximum absolute atomic E-state index is 14.3. The number of amides is 1. The van der Waals surface area contributed by atoms with Crippen LogP contribution in [0.15, 0.2) is 48.8 Å². The van der Waals surface area contributed by atoms with Gasteiger partial charge in [0.15, 0.2) is 11.3 Å². The minimum atomic E-state index is -4.74. The first kappa shape index (κ1) is 28.3. The maximum Gasteiger partial charge on any atom is 0.433 e. The van der Waals surface area contributed by atoms with E-state index in [0.717, 1.165) is 11.8 Å². The number of nitrogens with zero attached hydrogens (tertiary/aromatic N) is 6. The van der Waals surface area contributed by atoms with Crippen LogP contribution in [0, 0.1) is 6.92 Å². The predicted octanol–water partition coefficient (Wildman–Crippen LogP) is 3.63. The zero-order valence-electron chi connectivity index (χ0n) is 22.7. The number of aromatic nitrogens is 4. The van der Waals surface area contributed by atoms with Crippen LogP contribution in [0.5, 0.6) is 11.6 Å². The summed E-state index contributed by atoms with van der Waals surface area (Å²) in [5, 5.41) is 14.1. The summed E-state index contributed by atoms with van der Waals surface area (Å²) in [6.45, 7) is 2.59. The molecular weight excluding hydrogens is 541 g/mol. The lowest BCUT2D eigenvalue weighted by atomic mass is 10.0. The number of benzene rings is 1. The number of carbonyl (C=O) groups excluding carboxylic acids is 1. The number of halogens is 3. The van der Waals surface area contributed by atoms with Crippen LogP contribution in [0.2, 0.25) is 0 Å². The SMILES string of the molecule is COc1ccc(-c2nc3c(C(=O)N4CCN([C@@H](CO)c5cccnc5OC)CC4)cnn3c(C(F)(F)F)c2C)cc1. The van der Waals surface area contributed by atoms with Crippen molar-refractivity contribution in [3.63, 3.8) is 0 Å². The van der Waals surface area contributed by atoms with E-state index in [1.807, 2.05) is 11.0 Å². The van der Waals surface area contributed by atoms with E-state index in [-0.39, 0.29) is 35.1 Å². The minimum absolute atomic E-state index is 0.0219. The Labute approximate surface area is 233 Å². The van der Waals surface area contributed by atoms with E-state index in [0.29, 0.717) is 47.9 Å². The van der Waals surface area contributed by atoms with E-state index in [1.54, 1.807) is 41.4 Å². The van der Waals surface area contributed by atoms with Crippen LogP contribution in [0.25, 0.3) is 16.9 Å². The van der Waals surface area contributed by atoms with Crippen molar-refractivity contribution >= 4 is 11.6 Å². The van der Waals surface area contributed by atoms with Crippen molar-refractivity contribution in [2.75, 3.05) is 47.0 Å². The van der Waals surface area contributed by atoms with Crippen LogP contribution in [-0.4, -0.2) is 87.4 Å². The molecule has 0 unspecified atom stereocenters. The molecular formula is C28H29F3N6O4. The first-order valence-electron chi connectivity index (χ1n) is 12.9. The lowest BCUT2D eigenvalue weighted by Gasteiger charge is -2.38. The Morgan fingerprint density at radius 1 is 1.07 bits per heavy atom. The van der Waals surface area contributed by atoms with Crippen molar-refractivity contribution in [3.8, 4) is 22.9 Å². The molecule has 41 heavy (non-hydrogen) atoms. The Morgan fingerprint density at radius 3 is 2.39 bits per heavy atom. The number of aliphatic hydroxyl groups excluding tert-OH is 1. The largest absolute Gasteiger partial charge is 0.497 e. The topological polar surface area (TPSA) is 105 Å². The Hall–Kier alpha value is -4.23. The highest BCUT2D eigenvalue weighted by atomic mass is 19.4. The third-order valence-corrected chi connectivity index (χ3v) is 7.31. The number of rotatable bonds is 7. The molecule has 0 radical (unpaired) electrons. The van der Waals surface area contributed by atoms with Crippen LogP contribution in [-0.2, 0) is 6.18 Å². The summed E-state index contributed by atoms with van der Waals surface area (Å²) in [5.41, 5.74) is -0.0142. The van der Waals surface area contributed by atoms with Crippen molar-refractivity contribution < 1.29 is 32.5 Å². The van der Waals surface area contributed by atoms with Crippen LogP contribution in [0.3, 0.4) is 0 Å². The molecule has 1 N–H and O–H groups in total. The normalized spacial score (nSPS) is 15.2. The first-order chi connectivity index (χ1) is 19.7. The second-order valence-electron chi connectivity index (χ2n) is 9.58. The standard InChI is InChI=1S/C28H29F3N6O4/c1-17-23(18-6-8-19(40-2)9-7-18)34-25-21(15-33-37(25)24(17)28(29,30)31)27(39)36-13-11-35(12-14-36)22(16-38)20-5-4-10-32-26(20)41-3/h4-10,15,22,38H,11-14,16H2,1-3H3/t22-/m0/s1. The fourth-order valence-electron chi connectivity index (χ4n) is 5.23. The van der Waals surface area contributed by atoms with Gasteiger partial charge in [0.05, 0.1) is 38.8 Å². The Kier molecular flexibility index (Phi) is 7.82. The second-order valence-corrected chi connectivity index (χ2v) is 9.58. The van der Waals surface area contributed by atoms with Gasteiger partial charge < -0.3 is 19.5 Å². The molecule has 1 aliphatic rings. The molecule has 216 valence electrons. The van der Waals surface area contributed by atoms with Crippen LogP contribution in [0.4, 0.5) is 13.2 Å². The van der Waals surface area contributed by atoms with Crippen molar-refractivity contribution in [3.05, 3.63) is 71.2 Å². The fourth-order valence-corrected chi connectivity index (χ4v) is 5.23. The van der Waals surface area contributed by atoms with Gasteiger partial charge in [-0.15, -0.1) is 0 Å². The van der Waals surface area contributed by atoms with Gasteiger partial charge in [-0.25, -0.2) is 14.5 Å². The Balaban J connectivity index is 1.45. The van der Waals surface area contributed by atoms with Gasteiger partial charge in [0.25, 0.3) is 5.91 Å². The third kappa shape index (κ3) is 5.30. The molecule has 1 aliphatic heterocycles. The number of piperazine rings is 1. The molecule has 0 aliphatic carbocycles. The Bertz CT molecular complexity index is 1550. The molecule has 10 nitrogen and oxygen atoms in total. The molecule has 1 aromatic carbocycles. The van der Waals surface area contributed by atoms with Gasteiger partial charge in [-0.2, -0.15) is 18.3 Å². The van der Waals surface area contributed by atoms with E-state index in [2.05, 4.69) is 15.1 Å². The molecule has 3 aromatic heterocycles. The number of methoxy groups -OCH3 is 2. The molecule has 0 spiro atoms. The molecule has 1 fully saturated rings. The van der Waals surface area contributed by atoms with Gasteiger partial charge in [-0.05, 0) is 37.3 Å². The average Bonchev–Trinajstić information content (AvgIpc) is 3.40. The maximum atomic E-state index is 14.3.